The van der Waals surface area contributed by atoms with Crippen LogP contribution in [0.15, 0.2) is 36.1 Å². The molecule has 0 amide bonds. The Balaban J connectivity index is 2.09. The number of hydrogen-bond acceptors (Lipinski definition) is 2. The molecule has 1 aromatic carbocycles. The SMILES string of the molecule is CC1=CC=C=Cc2c(B3OC(C)(C)C(C)(C)O3)cccc21. The van der Waals surface area contributed by atoms with Gasteiger partial charge in [0.25, 0.3) is 0 Å². The van der Waals surface area contributed by atoms with E-state index in [2.05, 4.69) is 64.6 Å². The van der Waals surface area contributed by atoms with Crippen LogP contribution in [0.5, 0.6) is 0 Å². The third-order valence-corrected chi connectivity index (χ3v) is 4.73. The van der Waals surface area contributed by atoms with Crippen LogP contribution in [0.4, 0.5) is 0 Å². The van der Waals surface area contributed by atoms with Gasteiger partial charge in [-0.15, -0.1) is 5.73 Å². The first-order valence-corrected chi connectivity index (χ1v) is 7.40. The predicted molar refractivity (Wildman–Crippen MR) is 88.4 cm³/mol. The van der Waals surface area contributed by atoms with Crippen LogP contribution in [0.2, 0.25) is 0 Å². The van der Waals surface area contributed by atoms with E-state index < -0.39 is 0 Å². The predicted octanol–water partition coefficient (Wildman–Crippen LogP) is 3.57. The minimum atomic E-state index is -0.339. The summed E-state index contributed by atoms with van der Waals surface area (Å²) >= 11 is 0. The molecule has 0 bridgehead atoms. The van der Waals surface area contributed by atoms with Gasteiger partial charge < -0.3 is 9.31 Å². The van der Waals surface area contributed by atoms with Crippen LogP contribution in [0.3, 0.4) is 0 Å². The maximum atomic E-state index is 6.19. The van der Waals surface area contributed by atoms with Gasteiger partial charge in [-0.2, -0.15) is 0 Å². The van der Waals surface area contributed by atoms with E-state index in [9.17, 15) is 0 Å². The van der Waals surface area contributed by atoms with Crippen LogP contribution in [0.1, 0.15) is 45.7 Å². The van der Waals surface area contributed by atoms with Crippen LogP contribution in [-0.4, -0.2) is 18.3 Å². The molecule has 2 aliphatic rings. The van der Waals surface area contributed by atoms with Crippen molar-refractivity contribution in [1.82, 2.24) is 0 Å². The fraction of sp³-hybridized carbons (Fsp3) is 0.389. The number of benzene rings is 1. The second kappa shape index (κ2) is 4.74. The molecule has 2 nitrogen and oxygen atoms in total. The molecule has 0 N–H and O–H groups in total. The van der Waals surface area contributed by atoms with Gasteiger partial charge in [0.2, 0.25) is 0 Å². The highest BCUT2D eigenvalue weighted by atomic mass is 16.7. The summed E-state index contributed by atoms with van der Waals surface area (Å²) in [4.78, 5) is 0. The first-order valence-electron chi connectivity index (χ1n) is 7.40. The van der Waals surface area contributed by atoms with E-state index in [-0.39, 0.29) is 18.3 Å². The zero-order valence-corrected chi connectivity index (χ0v) is 13.4. The van der Waals surface area contributed by atoms with Gasteiger partial charge in [0.05, 0.1) is 11.2 Å². The molecular weight excluding hydrogens is 259 g/mol. The Morgan fingerprint density at radius 2 is 1.71 bits per heavy atom. The average Bonchev–Trinajstić information content (AvgIpc) is 2.54. The van der Waals surface area contributed by atoms with Gasteiger partial charge in [-0.3, -0.25) is 0 Å². The molecule has 0 saturated carbocycles. The summed E-state index contributed by atoms with van der Waals surface area (Å²) in [5.41, 5.74) is 7.20. The van der Waals surface area contributed by atoms with E-state index in [1.165, 1.54) is 11.1 Å². The molecule has 1 heterocycles. The van der Waals surface area contributed by atoms with Gasteiger partial charge >= 0.3 is 7.12 Å². The smallest absolute Gasteiger partial charge is 0.399 e. The topological polar surface area (TPSA) is 18.5 Å². The van der Waals surface area contributed by atoms with E-state index in [4.69, 9.17) is 9.31 Å². The fourth-order valence-corrected chi connectivity index (χ4v) is 2.66. The lowest BCUT2D eigenvalue weighted by Gasteiger charge is -2.32. The van der Waals surface area contributed by atoms with Crippen molar-refractivity contribution in [3.05, 3.63) is 47.2 Å². The largest absolute Gasteiger partial charge is 0.495 e. The summed E-state index contributed by atoms with van der Waals surface area (Å²) < 4.78 is 12.4. The van der Waals surface area contributed by atoms with Crippen molar-refractivity contribution in [1.29, 1.82) is 0 Å². The van der Waals surface area contributed by atoms with Crippen LogP contribution in [0.25, 0.3) is 11.6 Å². The maximum Gasteiger partial charge on any atom is 0.495 e. The minimum absolute atomic E-state index is 0.324. The Labute approximate surface area is 127 Å². The number of fused-ring (bicyclic) bond motifs is 1. The standard InChI is InChI=1S/C18H21BO2/c1-13-9-6-7-10-15-14(13)11-8-12-16(15)19-20-17(2,3)18(4,5)21-19/h6,8-12H,1-5H3. The van der Waals surface area contributed by atoms with Crippen LogP contribution >= 0.6 is 0 Å². The third-order valence-electron chi connectivity index (χ3n) is 4.73. The summed E-state index contributed by atoms with van der Waals surface area (Å²) in [6.07, 6.45) is 6.04. The van der Waals surface area contributed by atoms with Crippen LogP contribution in [0, 0.1) is 0 Å². The third kappa shape index (κ3) is 2.32. The quantitative estimate of drug-likeness (QED) is 0.578. The van der Waals surface area contributed by atoms with Crippen LogP contribution < -0.4 is 5.46 Å². The van der Waals surface area contributed by atoms with E-state index in [1.807, 2.05) is 12.2 Å². The Kier molecular flexibility index (Phi) is 3.25. The molecule has 0 aromatic heterocycles. The molecule has 108 valence electrons. The van der Waals surface area contributed by atoms with Crippen molar-refractivity contribution in [2.75, 3.05) is 0 Å². The van der Waals surface area contributed by atoms with Gasteiger partial charge in [-0.25, -0.2) is 0 Å². The normalized spacial score (nSPS) is 22.0. The average molecular weight is 280 g/mol. The summed E-state index contributed by atoms with van der Waals surface area (Å²) in [7, 11) is -0.339. The molecule has 0 unspecified atom stereocenters. The lowest BCUT2D eigenvalue weighted by atomic mass is 9.74. The lowest BCUT2D eigenvalue weighted by Crippen LogP contribution is -2.41. The van der Waals surface area contributed by atoms with Gasteiger partial charge in [0.1, 0.15) is 0 Å². The van der Waals surface area contributed by atoms with E-state index in [0.29, 0.717) is 0 Å². The molecule has 1 saturated heterocycles. The molecule has 21 heavy (non-hydrogen) atoms. The van der Waals surface area contributed by atoms with Gasteiger partial charge in [-0.1, -0.05) is 24.3 Å². The summed E-state index contributed by atoms with van der Waals surface area (Å²) in [5, 5.41) is 0. The van der Waals surface area contributed by atoms with Crippen molar-refractivity contribution in [3.8, 4) is 0 Å². The molecule has 0 radical (unpaired) electrons. The Bertz CT molecular complexity index is 660. The first-order chi connectivity index (χ1) is 9.82. The van der Waals surface area contributed by atoms with E-state index in [0.717, 1.165) is 11.0 Å². The Hall–Kier alpha value is -1.54. The Morgan fingerprint density at radius 3 is 2.38 bits per heavy atom. The maximum absolute atomic E-state index is 6.19. The van der Waals surface area contributed by atoms with Crippen LogP contribution in [-0.2, 0) is 9.31 Å². The van der Waals surface area contributed by atoms with E-state index >= 15 is 0 Å². The molecule has 0 atom stereocenters. The summed E-state index contributed by atoms with van der Waals surface area (Å²) in [5.74, 6) is 0. The molecular formula is C18H21BO2. The zero-order valence-electron chi connectivity index (χ0n) is 13.4. The second-order valence-corrected chi connectivity index (χ2v) is 6.72. The minimum Gasteiger partial charge on any atom is -0.399 e. The van der Waals surface area contributed by atoms with Crippen molar-refractivity contribution in [2.24, 2.45) is 0 Å². The number of allylic oxidation sites excluding steroid dienone is 3. The van der Waals surface area contributed by atoms with Crippen molar-refractivity contribution in [3.63, 3.8) is 0 Å². The molecule has 1 fully saturated rings. The van der Waals surface area contributed by atoms with Gasteiger partial charge in [-0.05, 0) is 68.9 Å². The van der Waals surface area contributed by atoms with Gasteiger partial charge in [0.15, 0.2) is 0 Å². The molecule has 1 aliphatic heterocycles. The molecule has 0 spiro atoms. The fourth-order valence-electron chi connectivity index (χ4n) is 2.66. The molecule has 3 rings (SSSR count). The first kappa shape index (κ1) is 14.4. The Morgan fingerprint density at radius 1 is 1.05 bits per heavy atom. The lowest BCUT2D eigenvalue weighted by molar-refractivity contribution is 0.00578. The van der Waals surface area contributed by atoms with Crippen molar-refractivity contribution >= 4 is 24.2 Å². The monoisotopic (exact) mass is 280 g/mol. The highest BCUT2D eigenvalue weighted by Gasteiger charge is 2.52. The number of hydrogen-bond donors (Lipinski definition) is 0. The molecule has 3 heteroatoms. The highest BCUT2D eigenvalue weighted by Crippen LogP contribution is 2.37. The summed E-state index contributed by atoms with van der Waals surface area (Å²) in [6.45, 7) is 10.4. The second-order valence-electron chi connectivity index (χ2n) is 6.72. The van der Waals surface area contributed by atoms with Gasteiger partial charge in [0, 0.05) is 0 Å². The van der Waals surface area contributed by atoms with Crippen molar-refractivity contribution in [2.45, 2.75) is 45.8 Å². The zero-order chi connectivity index (χ0) is 15.3. The number of rotatable bonds is 1. The molecule has 1 aliphatic carbocycles. The summed E-state index contributed by atoms with van der Waals surface area (Å²) in [6, 6.07) is 6.28. The van der Waals surface area contributed by atoms with E-state index in [1.54, 1.807) is 0 Å². The highest BCUT2D eigenvalue weighted by molar-refractivity contribution is 6.63. The van der Waals surface area contributed by atoms with Crippen molar-refractivity contribution < 1.29 is 9.31 Å². The molecule has 1 aromatic rings.